The van der Waals surface area contributed by atoms with E-state index >= 15 is 0 Å². The van der Waals surface area contributed by atoms with Crippen molar-refractivity contribution in [3.05, 3.63) is 70.0 Å². The maximum absolute atomic E-state index is 12.6. The zero-order chi connectivity index (χ0) is 24.1. The Morgan fingerprint density at radius 3 is 2.24 bits per heavy atom. The molecule has 0 saturated carbocycles. The zero-order valence-corrected chi connectivity index (χ0v) is 20.8. The van der Waals surface area contributed by atoms with Crippen LogP contribution in [0.5, 0.6) is 0 Å². The molecule has 0 saturated heterocycles. The van der Waals surface area contributed by atoms with Crippen LogP contribution in [0, 0.1) is 27.7 Å². The minimum Gasteiger partial charge on any atom is -0.342 e. The van der Waals surface area contributed by atoms with Gasteiger partial charge in [0, 0.05) is 17.8 Å². The fourth-order valence-corrected chi connectivity index (χ4v) is 4.57. The summed E-state index contributed by atoms with van der Waals surface area (Å²) in [6, 6.07) is 11.2. The number of nitrogens with one attached hydrogen (secondary N) is 2. The fourth-order valence-electron chi connectivity index (χ4n) is 3.76. The maximum atomic E-state index is 12.6. The van der Waals surface area contributed by atoms with Crippen molar-refractivity contribution in [1.29, 1.82) is 0 Å². The average Bonchev–Trinajstić information content (AvgIpc) is 3.18. The van der Waals surface area contributed by atoms with Crippen LogP contribution in [0.15, 0.2) is 41.6 Å². The highest BCUT2D eigenvalue weighted by Gasteiger charge is 2.20. The fraction of sp³-hybridized carbons (Fsp3) is 0.360. The third kappa shape index (κ3) is 6.01. The number of benzene rings is 2. The Kier molecular flexibility index (Phi) is 7.92. The van der Waals surface area contributed by atoms with Gasteiger partial charge in [-0.05, 0) is 64.8 Å². The molecule has 2 N–H and O–H groups in total. The Hall–Kier alpha value is -3.13. The number of aryl methyl sites for hydroxylation is 4. The van der Waals surface area contributed by atoms with Gasteiger partial charge in [-0.3, -0.25) is 9.59 Å². The molecule has 0 radical (unpaired) electrons. The summed E-state index contributed by atoms with van der Waals surface area (Å²) >= 11 is 1.33. The molecule has 2 aromatic carbocycles. The van der Waals surface area contributed by atoms with E-state index in [4.69, 9.17) is 0 Å². The van der Waals surface area contributed by atoms with Crippen molar-refractivity contribution in [3.8, 4) is 0 Å². The summed E-state index contributed by atoms with van der Waals surface area (Å²) in [6.45, 7) is 12.5. The number of thioether (sulfide) groups is 1. The second kappa shape index (κ2) is 10.7. The van der Waals surface area contributed by atoms with Gasteiger partial charge in [0.2, 0.25) is 5.91 Å². The molecule has 0 spiro atoms. The number of hydrogen-bond donors (Lipinski definition) is 2. The molecule has 0 aliphatic rings. The predicted octanol–water partition coefficient (Wildman–Crippen LogP) is 4.75. The van der Waals surface area contributed by atoms with Gasteiger partial charge >= 0.3 is 0 Å². The van der Waals surface area contributed by atoms with Gasteiger partial charge in [-0.25, -0.2) is 0 Å². The van der Waals surface area contributed by atoms with Crippen LogP contribution in [-0.4, -0.2) is 32.3 Å². The van der Waals surface area contributed by atoms with Crippen LogP contribution in [0.2, 0.25) is 0 Å². The van der Waals surface area contributed by atoms with E-state index < -0.39 is 0 Å². The number of rotatable bonds is 8. The summed E-state index contributed by atoms with van der Waals surface area (Å²) in [5.74, 6) is 0.620. The van der Waals surface area contributed by atoms with Crippen LogP contribution < -0.4 is 10.6 Å². The van der Waals surface area contributed by atoms with Crippen molar-refractivity contribution in [2.45, 2.75) is 59.3 Å². The second-order valence-corrected chi connectivity index (χ2v) is 9.20. The molecule has 0 aliphatic heterocycles. The number of aromatic nitrogens is 3. The van der Waals surface area contributed by atoms with Crippen LogP contribution in [-0.2, 0) is 11.3 Å². The monoisotopic (exact) mass is 465 g/mol. The lowest BCUT2D eigenvalue weighted by molar-refractivity contribution is -0.113. The minimum atomic E-state index is -0.327. The summed E-state index contributed by atoms with van der Waals surface area (Å²) < 4.78 is 1.93. The van der Waals surface area contributed by atoms with Crippen molar-refractivity contribution >= 4 is 29.3 Å². The maximum Gasteiger partial charge on any atom is 0.251 e. The molecule has 174 valence electrons. The van der Waals surface area contributed by atoms with Crippen molar-refractivity contribution in [2.75, 3.05) is 11.1 Å². The second-order valence-electron chi connectivity index (χ2n) is 8.26. The molecule has 33 heavy (non-hydrogen) atoms. The summed E-state index contributed by atoms with van der Waals surface area (Å²) in [7, 11) is 0. The van der Waals surface area contributed by atoms with Crippen LogP contribution in [0.25, 0.3) is 0 Å². The number of carbonyl (C=O) groups excluding carboxylic acids is 2. The van der Waals surface area contributed by atoms with Gasteiger partial charge in [-0.2, -0.15) is 0 Å². The normalized spacial score (nSPS) is 11.8. The lowest BCUT2D eigenvalue weighted by Crippen LogP contribution is -2.28. The Labute approximate surface area is 199 Å². The van der Waals surface area contributed by atoms with Gasteiger partial charge in [0.15, 0.2) is 11.0 Å². The molecule has 1 atom stereocenters. The van der Waals surface area contributed by atoms with Gasteiger partial charge in [0.25, 0.3) is 5.91 Å². The van der Waals surface area contributed by atoms with Crippen molar-refractivity contribution in [1.82, 2.24) is 20.1 Å². The van der Waals surface area contributed by atoms with E-state index in [1.807, 2.05) is 58.2 Å². The third-order valence-electron chi connectivity index (χ3n) is 5.38. The number of anilines is 1. The number of nitrogens with zero attached hydrogens (tertiary/aromatic N) is 3. The SMILES string of the molecule is CCn1c(SCC(=O)Nc2c(C)cc(C)cc2C)nnc1[C@H](C)NC(=O)c1ccc(C)cc1. The smallest absolute Gasteiger partial charge is 0.251 e. The lowest BCUT2D eigenvalue weighted by atomic mass is 10.1. The van der Waals surface area contributed by atoms with E-state index in [9.17, 15) is 9.59 Å². The Balaban J connectivity index is 1.64. The quantitative estimate of drug-likeness (QED) is 0.469. The Morgan fingerprint density at radius 2 is 1.64 bits per heavy atom. The van der Waals surface area contributed by atoms with Crippen molar-refractivity contribution in [2.24, 2.45) is 0 Å². The average molecular weight is 466 g/mol. The molecule has 3 aromatic rings. The first-order valence-electron chi connectivity index (χ1n) is 11.0. The molecule has 8 heteroatoms. The molecule has 7 nitrogen and oxygen atoms in total. The van der Waals surface area contributed by atoms with Crippen LogP contribution in [0.4, 0.5) is 5.69 Å². The molecule has 3 rings (SSSR count). The minimum absolute atomic E-state index is 0.0945. The number of hydrogen-bond acceptors (Lipinski definition) is 5. The van der Waals surface area contributed by atoms with E-state index in [0.717, 1.165) is 22.4 Å². The van der Waals surface area contributed by atoms with Crippen molar-refractivity contribution < 1.29 is 9.59 Å². The molecule has 1 heterocycles. The van der Waals surface area contributed by atoms with Gasteiger partial charge in [0.05, 0.1) is 11.8 Å². The molecule has 0 aliphatic carbocycles. The van der Waals surface area contributed by atoms with Gasteiger partial charge in [-0.15, -0.1) is 10.2 Å². The zero-order valence-electron chi connectivity index (χ0n) is 20.0. The number of amides is 2. The van der Waals surface area contributed by atoms with Gasteiger partial charge in [-0.1, -0.05) is 47.2 Å². The molecule has 0 bridgehead atoms. The molecule has 0 fully saturated rings. The van der Waals surface area contributed by atoms with Crippen LogP contribution in [0.1, 0.15) is 58.3 Å². The first-order chi connectivity index (χ1) is 15.7. The van der Waals surface area contributed by atoms with Gasteiger partial charge < -0.3 is 15.2 Å². The first kappa shape index (κ1) is 24.5. The van der Waals surface area contributed by atoms with E-state index in [-0.39, 0.29) is 23.6 Å². The molecule has 2 amide bonds. The van der Waals surface area contributed by atoms with E-state index in [2.05, 4.69) is 33.0 Å². The Morgan fingerprint density at radius 1 is 1.00 bits per heavy atom. The highest BCUT2D eigenvalue weighted by atomic mass is 32.2. The van der Waals surface area contributed by atoms with Gasteiger partial charge in [0.1, 0.15) is 0 Å². The Bertz CT molecular complexity index is 1130. The lowest BCUT2D eigenvalue weighted by Gasteiger charge is -2.15. The van der Waals surface area contributed by atoms with E-state index in [1.54, 1.807) is 12.1 Å². The van der Waals surface area contributed by atoms with E-state index in [1.165, 1.54) is 17.3 Å². The molecule has 0 unspecified atom stereocenters. The van der Waals surface area contributed by atoms with Crippen molar-refractivity contribution in [3.63, 3.8) is 0 Å². The molecular weight excluding hydrogens is 434 g/mol. The van der Waals surface area contributed by atoms with Crippen LogP contribution in [0.3, 0.4) is 0 Å². The molecule has 1 aromatic heterocycles. The predicted molar refractivity (Wildman–Crippen MR) is 133 cm³/mol. The van der Waals surface area contributed by atoms with E-state index in [0.29, 0.717) is 23.1 Å². The topological polar surface area (TPSA) is 88.9 Å². The third-order valence-corrected chi connectivity index (χ3v) is 6.35. The summed E-state index contributed by atoms with van der Waals surface area (Å²) in [6.07, 6.45) is 0. The molecular formula is C25H31N5O2S. The standard InChI is InChI=1S/C25H31N5O2S/c1-7-30-23(19(6)26-24(32)20-10-8-15(2)9-11-20)28-29-25(30)33-14-21(31)27-22-17(4)12-16(3)13-18(22)5/h8-13,19H,7,14H2,1-6H3,(H,26,32)(H,27,31)/t19-/m0/s1. The summed E-state index contributed by atoms with van der Waals surface area (Å²) in [5.41, 5.74) is 5.82. The number of carbonyl (C=O) groups is 2. The highest BCUT2D eigenvalue weighted by molar-refractivity contribution is 7.99. The van der Waals surface area contributed by atoms with Crippen LogP contribution >= 0.6 is 11.8 Å². The first-order valence-corrected chi connectivity index (χ1v) is 12.0. The largest absolute Gasteiger partial charge is 0.342 e. The highest BCUT2D eigenvalue weighted by Crippen LogP contribution is 2.24. The summed E-state index contributed by atoms with van der Waals surface area (Å²) in [4.78, 5) is 25.2. The summed E-state index contributed by atoms with van der Waals surface area (Å²) in [5, 5.41) is 15.2.